The lowest BCUT2D eigenvalue weighted by Crippen LogP contribution is -3.19. The number of benzene rings is 2. The predicted molar refractivity (Wildman–Crippen MR) is 106 cm³/mol. The molecule has 1 N–H and O–H groups in total. The lowest BCUT2D eigenvalue weighted by Gasteiger charge is -2.34. The quantitative estimate of drug-likeness (QED) is 0.806. The van der Waals surface area contributed by atoms with Crippen molar-refractivity contribution in [1.82, 2.24) is 0 Å². The smallest absolute Gasteiger partial charge is 0.139 e. The molecule has 1 saturated heterocycles. The highest BCUT2D eigenvalue weighted by Gasteiger charge is 2.27. The molecule has 1 nitrogen and oxygen atoms in total. The Balaban J connectivity index is 1.70. The molecule has 2 unspecified atom stereocenters. The maximum atomic E-state index is 3.50. The first-order chi connectivity index (χ1) is 12.3. The molecule has 0 radical (unpaired) electrons. The Kier molecular flexibility index (Phi) is 6.31. The number of nitrogens with one attached hydrogen (secondary N) is 1. The summed E-state index contributed by atoms with van der Waals surface area (Å²) in [7, 11) is 0. The third kappa shape index (κ3) is 4.74. The van der Waals surface area contributed by atoms with Crippen LogP contribution in [-0.4, -0.2) is 18.6 Å². The summed E-state index contributed by atoms with van der Waals surface area (Å²) < 4.78 is 0. The van der Waals surface area contributed by atoms with E-state index in [4.69, 9.17) is 0 Å². The summed E-state index contributed by atoms with van der Waals surface area (Å²) >= 11 is 0. The van der Waals surface area contributed by atoms with Crippen LogP contribution in [-0.2, 0) is 0 Å². The minimum atomic E-state index is 0.362. The minimum absolute atomic E-state index is 0.362. The molecule has 1 aliphatic heterocycles. The summed E-state index contributed by atoms with van der Waals surface area (Å²) in [5.74, 6) is 7.36. The van der Waals surface area contributed by atoms with E-state index in [2.05, 4.69) is 86.4 Å². The van der Waals surface area contributed by atoms with Gasteiger partial charge in [-0.2, -0.15) is 0 Å². The van der Waals surface area contributed by atoms with Gasteiger partial charge in [-0.3, -0.25) is 0 Å². The molecular formula is C24H30N+. The van der Waals surface area contributed by atoms with E-state index in [1.54, 1.807) is 4.90 Å². The zero-order chi connectivity index (χ0) is 17.5. The Bertz CT molecular complexity index is 646. The average molecular weight is 333 g/mol. The highest BCUT2D eigenvalue weighted by Crippen LogP contribution is 2.27. The standard InChI is InChI=1S/C24H29N/c1-20-12-11-13-21(2)25(20)19-10-9-18-24(22-14-5-3-6-15-22)23-16-7-4-8-17-23/h3-8,14-17,20-21,24H,11-13,18-19H2,1-2H3/p+1. The van der Waals surface area contributed by atoms with Crippen LogP contribution in [0.4, 0.5) is 0 Å². The Morgan fingerprint density at radius 2 is 1.36 bits per heavy atom. The molecule has 1 heterocycles. The number of likely N-dealkylation sites (tertiary alicyclic amines) is 1. The molecule has 25 heavy (non-hydrogen) atoms. The first kappa shape index (κ1) is 17.8. The normalized spacial score (nSPS) is 23.1. The van der Waals surface area contributed by atoms with Gasteiger partial charge in [0, 0.05) is 12.3 Å². The van der Waals surface area contributed by atoms with E-state index < -0.39 is 0 Å². The summed E-state index contributed by atoms with van der Waals surface area (Å²) in [5, 5.41) is 0. The Hall–Kier alpha value is -2.04. The van der Waals surface area contributed by atoms with Crippen LogP contribution < -0.4 is 4.90 Å². The highest BCUT2D eigenvalue weighted by molar-refractivity contribution is 5.33. The Morgan fingerprint density at radius 1 is 0.840 bits per heavy atom. The second-order valence-corrected chi connectivity index (χ2v) is 7.42. The average Bonchev–Trinajstić information content (AvgIpc) is 2.65. The summed E-state index contributed by atoms with van der Waals surface area (Å²) in [5.41, 5.74) is 2.71. The Labute approximate surface area is 153 Å². The molecule has 2 aromatic carbocycles. The summed E-state index contributed by atoms with van der Waals surface area (Å²) in [4.78, 5) is 1.68. The fraction of sp³-hybridized carbons (Fsp3) is 0.417. The van der Waals surface area contributed by atoms with Crippen LogP contribution in [0.3, 0.4) is 0 Å². The van der Waals surface area contributed by atoms with Crippen molar-refractivity contribution in [3.05, 3.63) is 71.8 Å². The van der Waals surface area contributed by atoms with Crippen LogP contribution in [0.2, 0.25) is 0 Å². The van der Waals surface area contributed by atoms with Crippen molar-refractivity contribution in [2.45, 2.75) is 57.5 Å². The lowest BCUT2D eigenvalue weighted by atomic mass is 9.89. The Morgan fingerprint density at radius 3 is 1.88 bits per heavy atom. The molecule has 0 bridgehead atoms. The van der Waals surface area contributed by atoms with Crippen molar-refractivity contribution < 1.29 is 4.90 Å². The van der Waals surface area contributed by atoms with Gasteiger partial charge in [0.1, 0.15) is 6.54 Å². The molecule has 2 aromatic rings. The molecule has 0 aliphatic carbocycles. The third-order valence-corrected chi connectivity index (χ3v) is 5.67. The number of piperidine rings is 1. The van der Waals surface area contributed by atoms with Gasteiger partial charge in [0.15, 0.2) is 0 Å². The van der Waals surface area contributed by atoms with E-state index in [-0.39, 0.29) is 0 Å². The fourth-order valence-electron chi connectivity index (χ4n) is 4.07. The van der Waals surface area contributed by atoms with Gasteiger partial charge in [0.25, 0.3) is 0 Å². The summed E-state index contributed by atoms with van der Waals surface area (Å²) in [6, 6.07) is 23.0. The monoisotopic (exact) mass is 332 g/mol. The van der Waals surface area contributed by atoms with E-state index in [0.717, 1.165) is 25.0 Å². The second-order valence-electron chi connectivity index (χ2n) is 7.42. The van der Waals surface area contributed by atoms with Crippen molar-refractivity contribution in [3.8, 4) is 11.8 Å². The van der Waals surface area contributed by atoms with Gasteiger partial charge in [0.05, 0.1) is 12.1 Å². The van der Waals surface area contributed by atoms with Gasteiger partial charge in [-0.15, -0.1) is 0 Å². The van der Waals surface area contributed by atoms with Crippen molar-refractivity contribution in [2.75, 3.05) is 6.54 Å². The number of hydrogen-bond donors (Lipinski definition) is 1. The van der Waals surface area contributed by atoms with E-state index in [1.807, 2.05) is 0 Å². The molecule has 1 fully saturated rings. The number of quaternary nitrogens is 1. The number of hydrogen-bond acceptors (Lipinski definition) is 0. The predicted octanol–water partition coefficient (Wildman–Crippen LogP) is 4.06. The van der Waals surface area contributed by atoms with Crippen LogP contribution in [0, 0.1) is 11.8 Å². The number of rotatable bonds is 4. The highest BCUT2D eigenvalue weighted by atomic mass is 15.2. The molecular weight excluding hydrogens is 302 g/mol. The first-order valence-corrected chi connectivity index (χ1v) is 9.67. The molecule has 0 aromatic heterocycles. The zero-order valence-corrected chi connectivity index (χ0v) is 15.5. The van der Waals surface area contributed by atoms with Gasteiger partial charge < -0.3 is 4.90 Å². The molecule has 130 valence electrons. The SMILES string of the molecule is CC1CCCC(C)[NH+]1CC#CCC(c1ccccc1)c1ccccc1. The lowest BCUT2D eigenvalue weighted by molar-refractivity contribution is -0.944. The largest absolute Gasteiger partial charge is 0.320 e. The molecule has 1 aliphatic rings. The molecule has 3 rings (SSSR count). The van der Waals surface area contributed by atoms with Crippen molar-refractivity contribution >= 4 is 0 Å². The molecule has 0 saturated carbocycles. The van der Waals surface area contributed by atoms with Crippen LogP contribution in [0.1, 0.15) is 56.6 Å². The van der Waals surface area contributed by atoms with E-state index in [1.165, 1.54) is 30.4 Å². The maximum absolute atomic E-state index is 3.50. The van der Waals surface area contributed by atoms with Gasteiger partial charge >= 0.3 is 0 Å². The third-order valence-electron chi connectivity index (χ3n) is 5.67. The van der Waals surface area contributed by atoms with E-state index >= 15 is 0 Å². The van der Waals surface area contributed by atoms with Crippen molar-refractivity contribution in [1.29, 1.82) is 0 Å². The second kappa shape index (κ2) is 8.88. The van der Waals surface area contributed by atoms with Gasteiger partial charge in [-0.05, 0) is 50.2 Å². The van der Waals surface area contributed by atoms with Gasteiger partial charge in [-0.25, -0.2) is 0 Å². The van der Waals surface area contributed by atoms with Crippen LogP contribution >= 0.6 is 0 Å². The van der Waals surface area contributed by atoms with Gasteiger partial charge in [-0.1, -0.05) is 66.6 Å². The van der Waals surface area contributed by atoms with Crippen molar-refractivity contribution in [2.24, 2.45) is 0 Å². The van der Waals surface area contributed by atoms with E-state index in [9.17, 15) is 0 Å². The molecule has 0 spiro atoms. The molecule has 2 atom stereocenters. The molecule has 1 heteroatoms. The fourth-order valence-corrected chi connectivity index (χ4v) is 4.07. The van der Waals surface area contributed by atoms with Crippen LogP contribution in [0.25, 0.3) is 0 Å². The zero-order valence-electron chi connectivity index (χ0n) is 15.5. The topological polar surface area (TPSA) is 4.44 Å². The van der Waals surface area contributed by atoms with Crippen LogP contribution in [0.15, 0.2) is 60.7 Å². The maximum Gasteiger partial charge on any atom is 0.139 e. The minimum Gasteiger partial charge on any atom is -0.320 e. The summed E-state index contributed by atoms with van der Waals surface area (Å²) in [6.45, 7) is 5.74. The van der Waals surface area contributed by atoms with Gasteiger partial charge in [0.2, 0.25) is 0 Å². The first-order valence-electron chi connectivity index (χ1n) is 9.67. The van der Waals surface area contributed by atoms with Crippen LogP contribution in [0.5, 0.6) is 0 Å². The molecule has 0 amide bonds. The van der Waals surface area contributed by atoms with Crippen molar-refractivity contribution in [3.63, 3.8) is 0 Å². The van der Waals surface area contributed by atoms with E-state index in [0.29, 0.717) is 5.92 Å². The summed E-state index contributed by atoms with van der Waals surface area (Å²) in [6.07, 6.45) is 4.96.